The number of ether oxygens (including phenoxy) is 2. The minimum absolute atomic E-state index is 0.270. The minimum Gasteiger partial charge on any atom is -0.493 e. The molecule has 128 valence electrons. The first kappa shape index (κ1) is 17.4. The van der Waals surface area contributed by atoms with Crippen LogP contribution in [-0.2, 0) is 9.53 Å². The first-order valence-corrected chi connectivity index (χ1v) is 8.82. The minimum atomic E-state index is -0.459. The van der Waals surface area contributed by atoms with Gasteiger partial charge in [-0.05, 0) is 57.8 Å². The van der Waals surface area contributed by atoms with Gasteiger partial charge in [-0.1, -0.05) is 38.1 Å². The van der Waals surface area contributed by atoms with Crippen LogP contribution in [0.1, 0.15) is 25.0 Å². The number of hydrogen-bond acceptors (Lipinski definition) is 4. The van der Waals surface area contributed by atoms with Gasteiger partial charge >= 0.3 is 5.97 Å². The fourth-order valence-electron chi connectivity index (χ4n) is 2.27. The number of nitrogens with zero attached hydrogens (tertiary/aromatic N) is 1. The largest absolute Gasteiger partial charge is 0.493 e. The third kappa shape index (κ3) is 4.37. The first-order chi connectivity index (χ1) is 12.0. The molecule has 0 fully saturated rings. The highest BCUT2D eigenvalue weighted by Crippen LogP contribution is 2.24. The molecule has 0 aliphatic carbocycles. The molecule has 0 amide bonds. The Morgan fingerprint density at radius 1 is 1.20 bits per heavy atom. The Balaban J connectivity index is 1.85. The van der Waals surface area contributed by atoms with Crippen molar-refractivity contribution >= 4 is 33.9 Å². The Morgan fingerprint density at radius 3 is 2.76 bits per heavy atom. The standard InChI is InChI=1S/C20H18BrNO3/c1-13(2)12-24-15-7-5-6-14(10-15)11-18-20(23)25-19(22-18)16-8-3-4-9-17(16)21/h3-11,13H,12H2,1-2H3/b18-11-. The van der Waals surface area contributed by atoms with E-state index in [0.29, 0.717) is 18.4 Å². The molecule has 0 aromatic heterocycles. The molecule has 0 unspecified atom stereocenters. The number of hydrogen-bond donors (Lipinski definition) is 0. The van der Waals surface area contributed by atoms with Crippen molar-refractivity contribution < 1.29 is 14.3 Å². The summed E-state index contributed by atoms with van der Waals surface area (Å²) in [6.45, 7) is 4.84. The zero-order valence-electron chi connectivity index (χ0n) is 14.0. The van der Waals surface area contributed by atoms with Crippen LogP contribution in [-0.4, -0.2) is 18.5 Å². The molecule has 2 aromatic rings. The van der Waals surface area contributed by atoms with Crippen LogP contribution in [0.15, 0.2) is 63.7 Å². The summed E-state index contributed by atoms with van der Waals surface area (Å²) in [4.78, 5) is 16.5. The number of rotatable bonds is 5. The lowest BCUT2D eigenvalue weighted by Crippen LogP contribution is -2.06. The van der Waals surface area contributed by atoms with Crippen molar-refractivity contribution in [2.45, 2.75) is 13.8 Å². The van der Waals surface area contributed by atoms with E-state index in [1.165, 1.54) is 0 Å². The fraction of sp³-hybridized carbons (Fsp3) is 0.200. The van der Waals surface area contributed by atoms with Crippen molar-refractivity contribution in [2.75, 3.05) is 6.61 Å². The van der Waals surface area contributed by atoms with Crippen molar-refractivity contribution in [2.24, 2.45) is 10.9 Å². The van der Waals surface area contributed by atoms with Crippen LogP contribution >= 0.6 is 15.9 Å². The quantitative estimate of drug-likeness (QED) is 0.534. The van der Waals surface area contributed by atoms with Crippen LogP contribution in [0.5, 0.6) is 5.75 Å². The van der Waals surface area contributed by atoms with Gasteiger partial charge in [-0.15, -0.1) is 0 Å². The molecule has 4 nitrogen and oxygen atoms in total. The second-order valence-electron chi connectivity index (χ2n) is 6.09. The molecule has 25 heavy (non-hydrogen) atoms. The van der Waals surface area contributed by atoms with Crippen LogP contribution < -0.4 is 4.74 Å². The maximum Gasteiger partial charge on any atom is 0.363 e. The van der Waals surface area contributed by atoms with Gasteiger partial charge in [-0.3, -0.25) is 0 Å². The summed E-state index contributed by atoms with van der Waals surface area (Å²) < 4.78 is 11.8. The molecule has 1 aliphatic rings. The lowest BCUT2D eigenvalue weighted by Gasteiger charge is -2.08. The van der Waals surface area contributed by atoms with E-state index in [4.69, 9.17) is 9.47 Å². The van der Waals surface area contributed by atoms with Gasteiger partial charge < -0.3 is 9.47 Å². The van der Waals surface area contributed by atoms with Crippen LogP contribution in [0, 0.1) is 5.92 Å². The predicted molar refractivity (Wildman–Crippen MR) is 102 cm³/mol. The summed E-state index contributed by atoms with van der Waals surface area (Å²) >= 11 is 3.44. The van der Waals surface area contributed by atoms with Gasteiger partial charge in [0.05, 0.1) is 12.2 Å². The molecule has 0 spiro atoms. The van der Waals surface area contributed by atoms with Gasteiger partial charge in [0.2, 0.25) is 5.90 Å². The normalized spacial score (nSPS) is 15.4. The average Bonchev–Trinajstić information content (AvgIpc) is 2.94. The van der Waals surface area contributed by atoms with Gasteiger partial charge in [-0.25, -0.2) is 9.79 Å². The number of benzene rings is 2. The summed E-state index contributed by atoms with van der Waals surface area (Å²) in [6.07, 6.45) is 1.70. The van der Waals surface area contributed by atoms with Crippen LogP contribution in [0.4, 0.5) is 0 Å². The maximum atomic E-state index is 12.1. The Hall–Kier alpha value is -2.40. The number of esters is 1. The van der Waals surface area contributed by atoms with Crippen molar-refractivity contribution in [3.8, 4) is 5.75 Å². The molecule has 0 saturated heterocycles. The number of cyclic esters (lactones) is 1. The van der Waals surface area contributed by atoms with Crippen LogP contribution in [0.25, 0.3) is 6.08 Å². The molecule has 0 bridgehead atoms. The predicted octanol–water partition coefficient (Wildman–Crippen LogP) is 4.83. The number of aliphatic imine (C=N–C) groups is 1. The molecule has 5 heteroatoms. The van der Waals surface area contributed by atoms with E-state index in [2.05, 4.69) is 34.8 Å². The third-order valence-electron chi connectivity index (χ3n) is 3.47. The molecule has 1 aliphatic heterocycles. The summed E-state index contributed by atoms with van der Waals surface area (Å²) in [5, 5.41) is 0. The highest BCUT2D eigenvalue weighted by molar-refractivity contribution is 9.10. The molecule has 3 rings (SSSR count). The maximum absolute atomic E-state index is 12.1. The monoisotopic (exact) mass is 399 g/mol. The molecule has 0 radical (unpaired) electrons. The first-order valence-electron chi connectivity index (χ1n) is 8.03. The lowest BCUT2D eigenvalue weighted by atomic mass is 10.2. The number of carbonyl (C=O) groups is 1. The Bertz CT molecular complexity index is 856. The van der Waals surface area contributed by atoms with Crippen LogP contribution in [0.3, 0.4) is 0 Å². The second-order valence-corrected chi connectivity index (χ2v) is 6.95. The molecular weight excluding hydrogens is 382 g/mol. The van der Waals surface area contributed by atoms with Crippen molar-refractivity contribution in [3.05, 3.63) is 69.8 Å². The molecule has 0 N–H and O–H groups in total. The zero-order chi connectivity index (χ0) is 17.8. The zero-order valence-corrected chi connectivity index (χ0v) is 15.6. The van der Waals surface area contributed by atoms with E-state index in [9.17, 15) is 4.79 Å². The summed E-state index contributed by atoms with van der Waals surface area (Å²) in [5.41, 5.74) is 1.85. The van der Waals surface area contributed by atoms with E-state index < -0.39 is 5.97 Å². The SMILES string of the molecule is CC(C)COc1cccc(/C=C2\N=C(c3ccccc3Br)OC2=O)c1. The van der Waals surface area contributed by atoms with E-state index in [1.54, 1.807) is 6.08 Å². The van der Waals surface area contributed by atoms with E-state index in [-0.39, 0.29) is 5.70 Å². The van der Waals surface area contributed by atoms with Gasteiger partial charge in [0.1, 0.15) is 5.75 Å². The molecular formula is C20H18BrNO3. The van der Waals surface area contributed by atoms with E-state index >= 15 is 0 Å². The molecule has 0 atom stereocenters. The Kier molecular flexibility index (Phi) is 5.34. The lowest BCUT2D eigenvalue weighted by molar-refractivity contribution is -0.129. The summed E-state index contributed by atoms with van der Waals surface area (Å²) in [6, 6.07) is 15.1. The van der Waals surface area contributed by atoms with Gasteiger partial charge in [0, 0.05) is 4.47 Å². The average molecular weight is 400 g/mol. The van der Waals surface area contributed by atoms with E-state index in [0.717, 1.165) is 21.3 Å². The fourth-order valence-corrected chi connectivity index (χ4v) is 2.73. The smallest absolute Gasteiger partial charge is 0.363 e. The van der Waals surface area contributed by atoms with Crippen molar-refractivity contribution in [3.63, 3.8) is 0 Å². The Labute approximate surface area is 155 Å². The van der Waals surface area contributed by atoms with Crippen LogP contribution in [0.2, 0.25) is 0 Å². The van der Waals surface area contributed by atoms with Gasteiger partial charge in [0.25, 0.3) is 0 Å². The third-order valence-corrected chi connectivity index (χ3v) is 4.16. The van der Waals surface area contributed by atoms with Gasteiger partial charge in [0.15, 0.2) is 5.70 Å². The summed E-state index contributed by atoms with van der Waals surface area (Å²) in [5.74, 6) is 1.06. The Morgan fingerprint density at radius 2 is 2.00 bits per heavy atom. The van der Waals surface area contributed by atoms with Crippen molar-refractivity contribution in [1.29, 1.82) is 0 Å². The highest BCUT2D eigenvalue weighted by atomic mass is 79.9. The highest BCUT2D eigenvalue weighted by Gasteiger charge is 2.25. The number of halogens is 1. The molecule has 0 saturated carbocycles. The summed E-state index contributed by atoms with van der Waals surface area (Å²) in [7, 11) is 0. The molecule has 2 aromatic carbocycles. The van der Waals surface area contributed by atoms with Crippen molar-refractivity contribution in [1.82, 2.24) is 0 Å². The molecule has 1 heterocycles. The number of carbonyl (C=O) groups excluding carboxylic acids is 1. The topological polar surface area (TPSA) is 47.9 Å². The van der Waals surface area contributed by atoms with Gasteiger partial charge in [-0.2, -0.15) is 0 Å². The van der Waals surface area contributed by atoms with E-state index in [1.807, 2.05) is 48.5 Å². The second kappa shape index (κ2) is 7.66.